The minimum atomic E-state index is -0.279. The Hall–Kier alpha value is -0.800. The van der Waals surface area contributed by atoms with E-state index in [1.165, 1.54) is 5.57 Å². The molecule has 0 aromatic heterocycles. The molecule has 0 spiro atoms. The number of aliphatic hydroxyl groups is 2. The number of allylic oxidation sites excluding steroid dienone is 2. The second kappa shape index (κ2) is 5.10. The van der Waals surface area contributed by atoms with Gasteiger partial charge in [0.05, 0.1) is 18.0 Å². The lowest BCUT2D eigenvalue weighted by atomic mass is 9.46. The molecule has 7 atom stereocenters. The minimum absolute atomic E-state index is 0.0519. The van der Waals surface area contributed by atoms with Gasteiger partial charge in [0.2, 0.25) is 0 Å². The van der Waals surface area contributed by atoms with E-state index in [1.54, 1.807) is 0 Å². The summed E-state index contributed by atoms with van der Waals surface area (Å²) >= 11 is 0. The molecule has 3 heteroatoms. The van der Waals surface area contributed by atoms with Gasteiger partial charge in [0, 0.05) is 12.5 Å². The zero-order valence-electron chi connectivity index (χ0n) is 14.6. The molecule has 0 aliphatic heterocycles. The molecule has 4 aliphatic rings. The highest BCUT2D eigenvalue weighted by molar-refractivity contribution is 5.29. The zero-order valence-corrected chi connectivity index (χ0v) is 14.6. The van der Waals surface area contributed by atoms with Crippen LogP contribution >= 0.6 is 0 Å². The number of hydrogen-bond acceptors (Lipinski definition) is 3. The number of rotatable bonds is 1. The van der Waals surface area contributed by atoms with Crippen LogP contribution in [0, 0.1) is 28.6 Å². The molecule has 2 fully saturated rings. The molecule has 2 saturated carbocycles. The van der Waals surface area contributed by atoms with Gasteiger partial charge in [-0.05, 0) is 67.8 Å². The van der Waals surface area contributed by atoms with Gasteiger partial charge in [0.1, 0.15) is 0 Å². The molecule has 4 rings (SSSR count). The van der Waals surface area contributed by atoms with Gasteiger partial charge in [-0.15, -0.1) is 0 Å². The summed E-state index contributed by atoms with van der Waals surface area (Å²) in [6.07, 6.45) is 10.2. The smallest absolute Gasteiger partial charge is 0.0944 e. The largest absolute Gasteiger partial charge is 0.512 e. The number of methoxy groups -OCH3 is 1. The fraction of sp³-hybridized carbons (Fsp3) is 0.800. The van der Waals surface area contributed by atoms with E-state index in [-0.39, 0.29) is 23.0 Å². The van der Waals surface area contributed by atoms with E-state index >= 15 is 0 Å². The van der Waals surface area contributed by atoms with Crippen molar-refractivity contribution in [1.82, 2.24) is 0 Å². The van der Waals surface area contributed by atoms with E-state index in [0.29, 0.717) is 23.5 Å². The highest BCUT2D eigenvalue weighted by atomic mass is 16.5. The number of aliphatic hydroxyl groups excluding tert-OH is 2. The van der Waals surface area contributed by atoms with E-state index < -0.39 is 0 Å². The molecule has 23 heavy (non-hydrogen) atoms. The van der Waals surface area contributed by atoms with E-state index in [0.717, 1.165) is 38.5 Å². The lowest BCUT2D eigenvalue weighted by Gasteiger charge is -2.59. The summed E-state index contributed by atoms with van der Waals surface area (Å²) in [5.74, 6) is 2.23. The Morgan fingerprint density at radius 1 is 1.13 bits per heavy atom. The Bertz CT molecular complexity index is 565. The third-order valence-electron chi connectivity index (χ3n) is 7.93. The topological polar surface area (TPSA) is 49.7 Å². The molecular weight excluding hydrogens is 288 g/mol. The standard InChI is InChI=1S/C20H30O3/c1-19-8-6-13(21)10-12(19)11-16(23-3)18-14-4-5-17(22)20(14,2)9-7-15(18)19/h5,10,13-16,18,21-22H,4,6-9,11H2,1-3H3/t13?,14-,15+,16?,18-,19-,20-/m0/s1. The molecule has 0 heterocycles. The predicted octanol–water partition coefficient (Wildman–Crippen LogP) is 3.99. The summed E-state index contributed by atoms with van der Waals surface area (Å²) in [6.45, 7) is 4.66. The Morgan fingerprint density at radius 3 is 2.61 bits per heavy atom. The molecular formula is C20H30O3. The lowest BCUT2D eigenvalue weighted by Crippen LogP contribution is -2.55. The van der Waals surface area contributed by atoms with Crippen LogP contribution in [0.2, 0.25) is 0 Å². The van der Waals surface area contributed by atoms with E-state index in [9.17, 15) is 10.2 Å². The highest BCUT2D eigenvalue weighted by Gasteiger charge is 2.60. The van der Waals surface area contributed by atoms with Crippen molar-refractivity contribution in [1.29, 1.82) is 0 Å². The van der Waals surface area contributed by atoms with Crippen molar-refractivity contribution in [2.24, 2.45) is 28.6 Å². The first-order valence-corrected chi connectivity index (χ1v) is 9.22. The maximum atomic E-state index is 10.4. The first-order chi connectivity index (χ1) is 10.9. The number of hydrogen-bond donors (Lipinski definition) is 2. The Balaban J connectivity index is 1.74. The third-order valence-corrected chi connectivity index (χ3v) is 7.93. The van der Waals surface area contributed by atoms with Crippen LogP contribution < -0.4 is 0 Å². The van der Waals surface area contributed by atoms with Gasteiger partial charge in [-0.3, -0.25) is 0 Å². The lowest BCUT2D eigenvalue weighted by molar-refractivity contribution is -0.116. The van der Waals surface area contributed by atoms with E-state index in [2.05, 4.69) is 26.0 Å². The van der Waals surface area contributed by atoms with Gasteiger partial charge < -0.3 is 14.9 Å². The van der Waals surface area contributed by atoms with Crippen molar-refractivity contribution in [2.45, 2.75) is 64.6 Å². The fourth-order valence-corrected chi connectivity index (χ4v) is 6.44. The molecule has 0 bridgehead atoms. The molecule has 2 unspecified atom stereocenters. The van der Waals surface area contributed by atoms with Gasteiger partial charge in [-0.25, -0.2) is 0 Å². The molecule has 3 nitrogen and oxygen atoms in total. The Kier molecular flexibility index (Phi) is 3.48. The van der Waals surface area contributed by atoms with Crippen molar-refractivity contribution >= 4 is 0 Å². The normalized spacial score (nSPS) is 52.1. The van der Waals surface area contributed by atoms with E-state index in [4.69, 9.17) is 4.74 Å². The summed E-state index contributed by atoms with van der Waals surface area (Å²) in [7, 11) is 1.83. The molecule has 128 valence electrons. The fourth-order valence-electron chi connectivity index (χ4n) is 6.44. The monoisotopic (exact) mass is 318 g/mol. The quantitative estimate of drug-likeness (QED) is 0.719. The first-order valence-electron chi connectivity index (χ1n) is 9.22. The van der Waals surface area contributed by atoms with Crippen LogP contribution in [0.25, 0.3) is 0 Å². The van der Waals surface area contributed by atoms with Crippen molar-refractivity contribution in [3.05, 3.63) is 23.5 Å². The minimum Gasteiger partial charge on any atom is -0.512 e. The Morgan fingerprint density at radius 2 is 1.87 bits per heavy atom. The summed E-state index contributed by atoms with van der Waals surface area (Å²) in [6, 6.07) is 0. The van der Waals surface area contributed by atoms with Gasteiger partial charge in [0.25, 0.3) is 0 Å². The zero-order chi connectivity index (χ0) is 16.4. The van der Waals surface area contributed by atoms with Crippen LogP contribution in [0.5, 0.6) is 0 Å². The van der Waals surface area contributed by atoms with Crippen molar-refractivity contribution in [3.63, 3.8) is 0 Å². The summed E-state index contributed by atoms with van der Waals surface area (Å²) in [5.41, 5.74) is 1.57. The van der Waals surface area contributed by atoms with Crippen LogP contribution in [0.4, 0.5) is 0 Å². The summed E-state index contributed by atoms with van der Waals surface area (Å²) < 4.78 is 5.95. The average molecular weight is 318 g/mol. The second-order valence-corrected chi connectivity index (χ2v) is 8.77. The second-order valence-electron chi connectivity index (χ2n) is 8.77. The predicted molar refractivity (Wildman–Crippen MR) is 90.0 cm³/mol. The van der Waals surface area contributed by atoms with Crippen molar-refractivity contribution < 1.29 is 14.9 Å². The molecule has 0 aromatic rings. The first kappa shape index (κ1) is 15.7. The molecule has 2 N–H and O–H groups in total. The van der Waals surface area contributed by atoms with Crippen LogP contribution in [0.15, 0.2) is 23.5 Å². The van der Waals surface area contributed by atoms with Crippen LogP contribution in [0.3, 0.4) is 0 Å². The van der Waals surface area contributed by atoms with Crippen molar-refractivity contribution in [3.8, 4) is 0 Å². The van der Waals surface area contributed by atoms with Crippen LogP contribution in [-0.4, -0.2) is 29.5 Å². The maximum Gasteiger partial charge on any atom is 0.0944 e. The van der Waals surface area contributed by atoms with Crippen molar-refractivity contribution in [2.75, 3.05) is 7.11 Å². The van der Waals surface area contributed by atoms with Gasteiger partial charge >= 0.3 is 0 Å². The van der Waals surface area contributed by atoms with Crippen LogP contribution in [0.1, 0.15) is 52.4 Å². The van der Waals surface area contributed by atoms with Gasteiger partial charge in [-0.1, -0.05) is 25.5 Å². The molecule has 0 saturated heterocycles. The molecule has 0 amide bonds. The molecule has 0 aromatic carbocycles. The van der Waals surface area contributed by atoms with Crippen LogP contribution in [-0.2, 0) is 4.74 Å². The number of ether oxygens (including phenoxy) is 1. The Labute approximate surface area is 139 Å². The molecule has 0 radical (unpaired) electrons. The number of fused-ring (bicyclic) bond motifs is 5. The SMILES string of the molecule is COC1CC2=CC(O)CC[C@]2(C)[C@@H]2CC[C@]3(C)C(O)=CC[C@H]3[C@H]12. The highest BCUT2D eigenvalue weighted by Crippen LogP contribution is 2.65. The summed E-state index contributed by atoms with van der Waals surface area (Å²) in [5, 5.41) is 20.5. The molecule has 4 aliphatic carbocycles. The summed E-state index contributed by atoms with van der Waals surface area (Å²) in [4.78, 5) is 0. The van der Waals surface area contributed by atoms with Gasteiger partial charge in [-0.2, -0.15) is 0 Å². The maximum absolute atomic E-state index is 10.4. The van der Waals surface area contributed by atoms with Gasteiger partial charge in [0.15, 0.2) is 0 Å². The average Bonchev–Trinajstić information content (AvgIpc) is 2.83. The van der Waals surface area contributed by atoms with E-state index in [1.807, 2.05) is 7.11 Å². The third kappa shape index (κ3) is 2.02.